The molecule has 0 bridgehead atoms. The molecular formula is C24H34O4S2. The average Bonchev–Trinajstić information content (AvgIpc) is 3.22. The molecule has 3 rings (SSSR count). The molecule has 4 nitrogen and oxygen atoms in total. The second-order valence-electron chi connectivity index (χ2n) is 8.32. The zero-order valence-electron chi connectivity index (χ0n) is 18.0. The molecule has 2 aliphatic rings. The molecule has 1 N–H and O–H groups in total. The van der Waals surface area contributed by atoms with Gasteiger partial charge < -0.3 is 19.3 Å². The van der Waals surface area contributed by atoms with Gasteiger partial charge in [0.25, 0.3) is 0 Å². The average molecular weight is 451 g/mol. The first-order valence-electron chi connectivity index (χ1n) is 10.8. The number of terminal acetylenes is 1. The van der Waals surface area contributed by atoms with Gasteiger partial charge in [0, 0.05) is 6.61 Å². The van der Waals surface area contributed by atoms with Crippen molar-refractivity contribution in [2.45, 2.75) is 68.0 Å². The summed E-state index contributed by atoms with van der Waals surface area (Å²) in [6, 6.07) is 8.05. The van der Waals surface area contributed by atoms with E-state index < -0.39 is 6.10 Å². The lowest BCUT2D eigenvalue weighted by Crippen LogP contribution is -2.34. The van der Waals surface area contributed by atoms with Gasteiger partial charge in [-0.25, -0.2) is 0 Å². The lowest BCUT2D eigenvalue weighted by molar-refractivity contribution is -0.0163. The van der Waals surface area contributed by atoms with Crippen molar-refractivity contribution in [1.29, 1.82) is 0 Å². The number of methoxy groups -OCH3 is 1. The molecule has 2 heterocycles. The number of aliphatic hydroxyl groups is 1. The lowest BCUT2D eigenvalue weighted by Gasteiger charge is -2.39. The van der Waals surface area contributed by atoms with Crippen molar-refractivity contribution in [1.82, 2.24) is 0 Å². The van der Waals surface area contributed by atoms with Crippen LogP contribution in [0.5, 0.6) is 5.75 Å². The Morgan fingerprint density at radius 3 is 2.67 bits per heavy atom. The first-order valence-corrected chi connectivity index (χ1v) is 12.8. The van der Waals surface area contributed by atoms with Crippen LogP contribution in [0.2, 0.25) is 0 Å². The first-order chi connectivity index (χ1) is 14.5. The molecule has 0 saturated carbocycles. The quantitative estimate of drug-likeness (QED) is 0.520. The number of benzene rings is 1. The van der Waals surface area contributed by atoms with E-state index in [2.05, 4.69) is 48.5 Å². The van der Waals surface area contributed by atoms with Crippen molar-refractivity contribution in [2.24, 2.45) is 5.92 Å². The Labute approximate surface area is 189 Å². The van der Waals surface area contributed by atoms with E-state index in [1.165, 1.54) is 17.9 Å². The molecule has 0 aliphatic carbocycles. The van der Waals surface area contributed by atoms with Gasteiger partial charge in [-0.15, -0.1) is 29.9 Å². The van der Waals surface area contributed by atoms with Gasteiger partial charge in [0.2, 0.25) is 0 Å². The fraction of sp³-hybridized carbons (Fsp3) is 0.667. The molecule has 30 heavy (non-hydrogen) atoms. The van der Waals surface area contributed by atoms with E-state index in [9.17, 15) is 5.11 Å². The normalized spacial score (nSPS) is 25.4. The molecule has 166 valence electrons. The third-order valence-electron chi connectivity index (χ3n) is 5.71. The van der Waals surface area contributed by atoms with Crippen LogP contribution >= 0.6 is 23.5 Å². The van der Waals surface area contributed by atoms with Gasteiger partial charge >= 0.3 is 0 Å². The van der Waals surface area contributed by atoms with Gasteiger partial charge in [-0.05, 0) is 67.2 Å². The number of aliphatic hydroxyl groups excluding tert-OH is 1. The highest BCUT2D eigenvalue weighted by molar-refractivity contribution is 8.18. The van der Waals surface area contributed by atoms with Gasteiger partial charge in [-0.3, -0.25) is 0 Å². The number of hydrogen-bond donors (Lipinski definition) is 1. The highest BCUT2D eigenvalue weighted by atomic mass is 32.2. The minimum Gasteiger partial charge on any atom is -0.497 e. The maximum atomic E-state index is 9.92. The molecular weight excluding hydrogens is 416 g/mol. The summed E-state index contributed by atoms with van der Waals surface area (Å²) in [6.45, 7) is 3.66. The molecule has 0 spiro atoms. The SMILES string of the molecule is C#C[C@@H](O)[C@H]1CC[C@H](CC2(C[C@H](C)COCc3ccc(OC)cc3)SCCCS2)O1. The maximum absolute atomic E-state index is 9.92. The van der Waals surface area contributed by atoms with Crippen LogP contribution in [0.3, 0.4) is 0 Å². The fourth-order valence-corrected chi connectivity index (χ4v) is 7.95. The monoisotopic (exact) mass is 450 g/mol. The molecule has 6 heteroatoms. The van der Waals surface area contributed by atoms with Crippen LogP contribution in [0, 0.1) is 18.3 Å². The molecule has 0 amide bonds. The Kier molecular flexibility index (Phi) is 9.28. The topological polar surface area (TPSA) is 47.9 Å². The second-order valence-corrected chi connectivity index (χ2v) is 11.5. The van der Waals surface area contributed by atoms with Crippen molar-refractivity contribution in [3.8, 4) is 18.1 Å². The van der Waals surface area contributed by atoms with Gasteiger partial charge in [-0.1, -0.05) is 25.0 Å². The summed E-state index contributed by atoms with van der Waals surface area (Å²) in [5, 5.41) is 9.92. The molecule has 2 fully saturated rings. The molecule has 1 aromatic rings. The van der Waals surface area contributed by atoms with E-state index in [4.69, 9.17) is 20.6 Å². The third kappa shape index (κ3) is 6.83. The minimum absolute atomic E-state index is 0.168. The summed E-state index contributed by atoms with van der Waals surface area (Å²) in [5.74, 6) is 6.15. The first kappa shape index (κ1) is 23.8. The Morgan fingerprint density at radius 1 is 1.27 bits per heavy atom. The number of hydrogen-bond acceptors (Lipinski definition) is 6. The van der Waals surface area contributed by atoms with Crippen LogP contribution in [0.4, 0.5) is 0 Å². The maximum Gasteiger partial charge on any atom is 0.140 e. The molecule has 4 atom stereocenters. The van der Waals surface area contributed by atoms with E-state index in [-0.39, 0.29) is 16.3 Å². The standard InChI is InChI=1S/C24H34O4S2/c1-4-22(25)23-11-10-21(28-23)15-24(29-12-5-13-30-24)14-18(2)16-27-17-19-6-8-20(26-3)9-7-19/h1,6-9,18,21-23,25H,5,10-17H2,2-3H3/t18-,21+,22+,23+/m0/s1. The smallest absolute Gasteiger partial charge is 0.140 e. The Morgan fingerprint density at radius 2 is 2.00 bits per heavy atom. The summed E-state index contributed by atoms with van der Waals surface area (Å²) in [6.07, 6.45) is 9.77. The van der Waals surface area contributed by atoms with E-state index >= 15 is 0 Å². The fourth-order valence-electron chi connectivity index (χ4n) is 4.20. The number of thioether (sulfide) groups is 2. The zero-order chi connectivity index (χ0) is 21.4. The Bertz CT molecular complexity index is 681. The van der Waals surface area contributed by atoms with E-state index in [1.807, 2.05) is 12.1 Å². The molecule has 1 aromatic carbocycles. The zero-order valence-corrected chi connectivity index (χ0v) is 19.7. The highest BCUT2D eigenvalue weighted by Crippen LogP contribution is 2.51. The summed E-state index contributed by atoms with van der Waals surface area (Å²) >= 11 is 4.17. The summed E-state index contributed by atoms with van der Waals surface area (Å²) in [7, 11) is 1.68. The van der Waals surface area contributed by atoms with Crippen LogP contribution < -0.4 is 4.74 Å². The molecule has 0 radical (unpaired) electrons. The number of rotatable bonds is 10. The Hall–Kier alpha value is -0.840. The third-order valence-corrected chi connectivity index (χ3v) is 9.12. The van der Waals surface area contributed by atoms with Crippen molar-refractivity contribution in [2.75, 3.05) is 25.2 Å². The second kappa shape index (κ2) is 11.7. The van der Waals surface area contributed by atoms with Crippen LogP contribution in [-0.2, 0) is 16.1 Å². The minimum atomic E-state index is -0.789. The van der Waals surface area contributed by atoms with Gasteiger partial charge in [0.15, 0.2) is 0 Å². The summed E-state index contributed by atoms with van der Waals surface area (Å²) < 4.78 is 17.5. The highest BCUT2D eigenvalue weighted by Gasteiger charge is 2.40. The van der Waals surface area contributed by atoms with E-state index in [1.54, 1.807) is 7.11 Å². The van der Waals surface area contributed by atoms with Crippen LogP contribution in [0.15, 0.2) is 24.3 Å². The van der Waals surface area contributed by atoms with E-state index in [0.29, 0.717) is 12.5 Å². The lowest BCUT2D eigenvalue weighted by atomic mass is 10.0. The van der Waals surface area contributed by atoms with Gasteiger partial charge in [0.05, 0.1) is 30.0 Å². The number of ether oxygens (including phenoxy) is 3. The van der Waals surface area contributed by atoms with Gasteiger partial charge in [-0.2, -0.15) is 0 Å². The summed E-state index contributed by atoms with van der Waals surface area (Å²) in [5.41, 5.74) is 1.16. The van der Waals surface area contributed by atoms with E-state index in [0.717, 1.165) is 43.6 Å². The molecule has 0 aromatic heterocycles. The Balaban J connectivity index is 1.49. The molecule has 2 aliphatic heterocycles. The molecule has 2 saturated heterocycles. The van der Waals surface area contributed by atoms with Crippen LogP contribution in [0.25, 0.3) is 0 Å². The van der Waals surface area contributed by atoms with Crippen molar-refractivity contribution >= 4 is 23.5 Å². The largest absolute Gasteiger partial charge is 0.497 e. The van der Waals surface area contributed by atoms with Crippen molar-refractivity contribution < 1.29 is 19.3 Å². The van der Waals surface area contributed by atoms with Gasteiger partial charge in [0.1, 0.15) is 11.9 Å². The predicted octanol–water partition coefficient (Wildman–Crippen LogP) is 4.74. The van der Waals surface area contributed by atoms with Crippen LogP contribution in [-0.4, -0.2) is 52.7 Å². The van der Waals surface area contributed by atoms with Crippen molar-refractivity contribution in [3.63, 3.8) is 0 Å². The van der Waals surface area contributed by atoms with Crippen molar-refractivity contribution in [3.05, 3.63) is 29.8 Å². The summed E-state index contributed by atoms with van der Waals surface area (Å²) in [4.78, 5) is 0. The predicted molar refractivity (Wildman–Crippen MR) is 126 cm³/mol. The van der Waals surface area contributed by atoms with Crippen LogP contribution in [0.1, 0.15) is 44.6 Å². The molecule has 0 unspecified atom stereocenters.